The van der Waals surface area contributed by atoms with Crippen molar-refractivity contribution in [2.45, 2.75) is 19.4 Å². The van der Waals surface area contributed by atoms with Crippen LogP contribution in [0, 0.1) is 16.0 Å². The van der Waals surface area contributed by atoms with Crippen molar-refractivity contribution >= 4 is 11.7 Å². The Kier molecular flexibility index (Phi) is 4.11. The van der Waals surface area contributed by atoms with Crippen LogP contribution in [0.3, 0.4) is 0 Å². The molecule has 1 aromatic carbocycles. The number of carboxylic acids is 1. The van der Waals surface area contributed by atoms with E-state index >= 15 is 0 Å². The van der Waals surface area contributed by atoms with Crippen LogP contribution in [0.25, 0.3) is 0 Å². The number of carboxylic acid groups (broad SMARTS) is 1. The monoisotopic (exact) mass is 264 g/mol. The largest absolute Gasteiger partial charge is 0.481 e. The number of nitro groups is 1. The maximum absolute atomic E-state index is 11.0. The smallest absolute Gasteiger partial charge is 0.307 e. The van der Waals surface area contributed by atoms with Crippen LogP contribution in [0.2, 0.25) is 0 Å². The molecule has 2 rings (SSSR count). The Bertz CT molecular complexity index is 489. The molecule has 0 spiro atoms. The highest BCUT2D eigenvalue weighted by Gasteiger charge is 2.25. The lowest BCUT2D eigenvalue weighted by Crippen LogP contribution is -2.38. The summed E-state index contributed by atoms with van der Waals surface area (Å²) in [6.07, 6.45) is 1.56. The van der Waals surface area contributed by atoms with E-state index in [9.17, 15) is 14.9 Å². The highest BCUT2D eigenvalue weighted by atomic mass is 16.6. The molecule has 0 unspecified atom stereocenters. The normalized spacial score (nSPS) is 20.1. The van der Waals surface area contributed by atoms with E-state index in [0.29, 0.717) is 19.5 Å². The van der Waals surface area contributed by atoms with Gasteiger partial charge in [0.1, 0.15) is 0 Å². The van der Waals surface area contributed by atoms with E-state index in [1.165, 1.54) is 6.07 Å². The van der Waals surface area contributed by atoms with Crippen molar-refractivity contribution in [3.63, 3.8) is 0 Å². The summed E-state index contributed by atoms with van der Waals surface area (Å²) in [5.74, 6) is -1.09. The van der Waals surface area contributed by atoms with Crippen molar-refractivity contribution < 1.29 is 14.8 Å². The van der Waals surface area contributed by atoms with Crippen molar-refractivity contribution in [3.05, 3.63) is 39.9 Å². The van der Waals surface area contributed by atoms with Crippen LogP contribution >= 0.6 is 0 Å². The van der Waals surface area contributed by atoms with Gasteiger partial charge in [-0.2, -0.15) is 0 Å². The standard InChI is InChI=1S/C13H16N2O4/c16-13(17)11-4-2-6-14(9-11)8-10-3-1-5-12(7-10)15(18)19/h1,3,5,7,11H,2,4,6,8-9H2,(H,16,17)/t11-/m1/s1. The Balaban J connectivity index is 2.02. The van der Waals surface area contributed by atoms with Crippen molar-refractivity contribution in [2.24, 2.45) is 5.92 Å². The number of hydrogen-bond acceptors (Lipinski definition) is 4. The number of likely N-dealkylation sites (tertiary alicyclic amines) is 1. The average Bonchev–Trinajstić information content (AvgIpc) is 2.39. The molecule has 0 aliphatic carbocycles. The number of benzene rings is 1. The summed E-state index contributed by atoms with van der Waals surface area (Å²) < 4.78 is 0. The molecule has 1 N–H and O–H groups in total. The molecule has 1 atom stereocenters. The molecule has 102 valence electrons. The zero-order chi connectivity index (χ0) is 13.8. The first-order valence-electron chi connectivity index (χ1n) is 6.25. The van der Waals surface area contributed by atoms with Crippen LogP contribution in [0.1, 0.15) is 18.4 Å². The molecule has 6 nitrogen and oxygen atoms in total. The Morgan fingerprint density at radius 2 is 2.32 bits per heavy atom. The van der Waals surface area contributed by atoms with Crippen LogP contribution in [0.15, 0.2) is 24.3 Å². The molecule has 0 saturated carbocycles. The first kappa shape index (κ1) is 13.5. The third-order valence-electron chi connectivity index (χ3n) is 3.38. The molecule has 6 heteroatoms. The summed E-state index contributed by atoms with van der Waals surface area (Å²) >= 11 is 0. The van der Waals surface area contributed by atoms with Gasteiger partial charge in [0, 0.05) is 25.2 Å². The summed E-state index contributed by atoms with van der Waals surface area (Å²) in [5, 5.41) is 19.7. The molecule has 0 bridgehead atoms. The van der Waals surface area contributed by atoms with Gasteiger partial charge in [-0.25, -0.2) is 0 Å². The molecule has 0 aromatic heterocycles. The first-order valence-corrected chi connectivity index (χ1v) is 6.25. The zero-order valence-corrected chi connectivity index (χ0v) is 10.5. The Morgan fingerprint density at radius 1 is 1.53 bits per heavy atom. The Labute approximate surface area is 110 Å². The minimum Gasteiger partial charge on any atom is -0.481 e. The fourth-order valence-corrected chi connectivity index (χ4v) is 2.43. The number of carbonyl (C=O) groups is 1. The van der Waals surface area contributed by atoms with E-state index in [0.717, 1.165) is 18.5 Å². The van der Waals surface area contributed by atoms with Crippen LogP contribution < -0.4 is 0 Å². The highest BCUT2D eigenvalue weighted by molar-refractivity contribution is 5.70. The zero-order valence-electron chi connectivity index (χ0n) is 10.5. The number of piperidine rings is 1. The van der Waals surface area contributed by atoms with Crippen LogP contribution in [-0.4, -0.2) is 34.0 Å². The van der Waals surface area contributed by atoms with Gasteiger partial charge in [0.2, 0.25) is 0 Å². The van der Waals surface area contributed by atoms with Crippen molar-refractivity contribution in [2.75, 3.05) is 13.1 Å². The number of nitro benzene ring substituents is 1. The third-order valence-corrected chi connectivity index (χ3v) is 3.38. The lowest BCUT2D eigenvalue weighted by atomic mass is 9.98. The number of rotatable bonds is 4. The Hall–Kier alpha value is -1.95. The van der Waals surface area contributed by atoms with Gasteiger partial charge < -0.3 is 5.11 Å². The lowest BCUT2D eigenvalue weighted by Gasteiger charge is -2.30. The predicted molar refractivity (Wildman–Crippen MR) is 68.7 cm³/mol. The van der Waals surface area contributed by atoms with Gasteiger partial charge in [-0.3, -0.25) is 19.8 Å². The number of hydrogen-bond donors (Lipinski definition) is 1. The second kappa shape index (κ2) is 5.79. The molecule has 1 aromatic rings. The van der Waals surface area contributed by atoms with Gasteiger partial charge in [0.25, 0.3) is 5.69 Å². The fraction of sp³-hybridized carbons (Fsp3) is 0.462. The van der Waals surface area contributed by atoms with Gasteiger partial charge in [-0.05, 0) is 24.9 Å². The van der Waals surface area contributed by atoms with E-state index in [1.54, 1.807) is 12.1 Å². The highest BCUT2D eigenvalue weighted by Crippen LogP contribution is 2.20. The maximum Gasteiger partial charge on any atom is 0.307 e. The molecule has 1 aliphatic rings. The lowest BCUT2D eigenvalue weighted by molar-refractivity contribution is -0.384. The minimum absolute atomic E-state index is 0.0734. The fourth-order valence-electron chi connectivity index (χ4n) is 2.43. The summed E-state index contributed by atoms with van der Waals surface area (Å²) in [4.78, 5) is 23.3. The SMILES string of the molecule is O=C(O)[C@@H]1CCCN(Cc2cccc([N+](=O)[O-])c2)C1. The van der Waals surface area contributed by atoms with Gasteiger partial charge in [-0.1, -0.05) is 12.1 Å². The summed E-state index contributed by atoms with van der Waals surface area (Å²) in [5.41, 5.74) is 0.921. The quantitative estimate of drug-likeness (QED) is 0.663. The van der Waals surface area contributed by atoms with Crippen LogP contribution in [0.4, 0.5) is 5.69 Å². The Morgan fingerprint density at radius 3 is 3.00 bits per heavy atom. The summed E-state index contributed by atoms with van der Waals surface area (Å²) in [6.45, 7) is 1.91. The molecule has 0 amide bonds. The molecule has 1 fully saturated rings. The van der Waals surface area contributed by atoms with E-state index in [1.807, 2.05) is 11.0 Å². The number of non-ortho nitro benzene ring substituents is 1. The molecular weight excluding hydrogens is 248 g/mol. The molecule has 0 radical (unpaired) electrons. The van der Waals surface area contributed by atoms with E-state index in [2.05, 4.69) is 0 Å². The van der Waals surface area contributed by atoms with Gasteiger partial charge in [-0.15, -0.1) is 0 Å². The summed E-state index contributed by atoms with van der Waals surface area (Å²) in [7, 11) is 0. The van der Waals surface area contributed by atoms with Crippen molar-refractivity contribution in [1.82, 2.24) is 4.90 Å². The topological polar surface area (TPSA) is 83.7 Å². The van der Waals surface area contributed by atoms with Crippen LogP contribution in [0.5, 0.6) is 0 Å². The summed E-state index contributed by atoms with van der Waals surface area (Å²) in [6, 6.07) is 6.49. The first-order chi connectivity index (χ1) is 9.06. The molecule has 19 heavy (non-hydrogen) atoms. The van der Waals surface area contributed by atoms with Gasteiger partial charge >= 0.3 is 5.97 Å². The van der Waals surface area contributed by atoms with Gasteiger partial charge in [0.05, 0.1) is 10.8 Å². The molecule has 1 heterocycles. The minimum atomic E-state index is -0.760. The number of nitrogens with zero attached hydrogens (tertiary/aromatic N) is 2. The molecular formula is C13H16N2O4. The van der Waals surface area contributed by atoms with Crippen molar-refractivity contribution in [3.8, 4) is 0 Å². The molecule has 1 aliphatic heterocycles. The predicted octanol–water partition coefficient (Wildman–Crippen LogP) is 1.89. The van der Waals surface area contributed by atoms with E-state index < -0.39 is 10.9 Å². The maximum atomic E-state index is 11.0. The second-order valence-electron chi connectivity index (χ2n) is 4.84. The van der Waals surface area contributed by atoms with Gasteiger partial charge in [0.15, 0.2) is 0 Å². The second-order valence-corrected chi connectivity index (χ2v) is 4.84. The van der Waals surface area contributed by atoms with E-state index in [4.69, 9.17) is 5.11 Å². The number of aliphatic carboxylic acids is 1. The van der Waals surface area contributed by atoms with Crippen LogP contribution in [-0.2, 0) is 11.3 Å². The third kappa shape index (κ3) is 3.51. The van der Waals surface area contributed by atoms with E-state index in [-0.39, 0.29) is 11.6 Å². The van der Waals surface area contributed by atoms with Crippen molar-refractivity contribution in [1.29, 1.82) is 0 Å². The molecule has 1 saturated heterocycles. The average molecular weight is 264 g/mol.